The fraction of sp³-hybridized carbons (Fsp3) is 0.364. The van der Waals surface area contributed by atoms with Crippen LogP contribution in [0.25, 0.3) is 0 Å². The Bertz CT molecular complexity index is 352. The van der Waals surface area contributed by atoms with Crippen molar-refractivity contribution in [3.8, 4) is 0 Å². The van der Waals surface area contributed by atoms with E-state index in [0.29, 0.717) is 17.0 Å². The highest BCUT2D eigenvalue weighted by Crippen LogP contribution is 2.24. The maximum atomic E-state index is 11.7. The van der Waals surface area contributed by atoms with Crippen LogP contribution in [-0.2, 0) is 0 Å². The second kappa shape index (κ2) is 6.66. The summed E-state index contributed by atoms with van der Waals surface area (Å²) in [5.74, 6) is 0.158. The molecule has 1 rings (SSSR count). The number of Topliss-reactive ketones (excluding diaryl/α,β-unsaturated/α-hetero) is 1. The Morgan fingerprint density at radius 2 is 2.07 bits per heavy atom. The summed E-state index contributed by atoms with van der Waals surface area (Å²) >= 11 is 12.5. The Balaban J connectivity index is 2.62. The molecule has 0 N–H and O–H groups in total. The van der Waals surface area contributed by atoms with E-state index in [1.165, 1.54) is 0 Å². The van der Waals surface area contributed by atoms with Crippen LogP contribution in [0.15, 0.2) is 22.7 Å². The van der Waals surface area contributed by atoms with Crippen LogP contribution in [0.2, 0.25) is 5.02 Å². The van der Waals surface area contributed by atoms with Crippen molar-refractivity contribution in [2.24, 2.45) is 0 Å². The predicted octanol–water partition coefficient (Wildman–Crippen LogP) is 4.85. The van der Waals surface area contributed by atoms with Gasteiger partial charge in [0.05, 0.1) is 5.02 Å². The maximum absolute atomic E-state index is 11.7. The number of halogens is 3. The summed E-state index contributed by atoms with van der Waals surface area (Å²) in [6, 6.07) is 5.31. The zero-order valence-electron chi connectivity index (χ0n) is 8.10. The van der Waals surface area contributed by atoms with Gasteiger partial charge in [-0.15, -0.1) is 0 Å². The van der Waals surface area contributed by atoms with Gasteiger partial charge >= 0.3 is 0 Å². The molecule has 0 spiro atoms. The minimum Gasteiger partial charge on any atom is -0.294 e. The first-order valence-electron chi connectivity index (χ1n) is 4.69. The van der Waals surface area contributed by atoms with E-state index in [1.54, 1.807) is 18.2 Å². The largest absolute Gasteiger partial charge is 0.294 e. The zero-order valence-corrected chi connectivity index (χ0v) is 12.0. The lowest BCUT2D eigenvalue weighted by Crippen LogP contribution is -1.98. The van der Waals surface area contributed by atoms with E-state index in [-0.39, 0.29) is 5.78 Å². The quantitative estimate of drug-likeness (QED) is 0.420. The third kappa shape index (κ3) is 4.25. The second-order valence-electron chi connectivity index (χ2n) is 3.20. The van der Waals surface area contributed by atoms with Gasteiger partial charge in [-0.05, 0) is 40.9 Å². The first kappa shape index (κ1) is 13.2. The number of hydrogen-bond donors (Lipinski definition) is 0. The molecule has 0 atom stereocenters. The van der Waals surface area contributed by atoms with Crippen LogP contribution in [0.5, 0.6) is 0 Å². The van der Waals surface area contributed by atoms with Crippen LogP contribution in [0, 0.1) is 0 Å². The molecule has 15 heavy (non-hydrogen) atoms. The molecule has 0 radical (unpaired) electrons. The van der Waals surface area contributed by atoms with Gasteiger partial charge in [-0.25, -0.2) is 0 Å². The number of carbonyl (C=O) groups excluding carboxylic acids is 1. The Labute approximate surface area is 111 Å². The number of carbonyl (C=O) groups is 1. The average molecular weight is 354 g/mol. The van der Waals surface area contributed by atoms with Gasteiger partial charge in [-0.3, -0.25) is 4.79 Å². The van der Waals surface area contributed by atoms with Crippen molar-refractivity contribution >= 4 is 49.2 Å². The topological polar surface area (TPSA) is 17.1 Å². The summed E-state index contributed by atoms with van der Waals surface area (Å²) in [6.07, 6.45) is 2.53. The van der Waals surface area contributed by atoms with E-state index < -0.39 is 0 Å². The van der Waals surface area contributed by atoms with Gasteiger partial charge in [-0.2, -0.15) is 0 Å². The number of unbranched alkanes of at least 4 members (excludes halogenated alkanes) is 1. The second-order valence-corrected chi connectivity index (χ2v) is 5.25. The number of alkyl halides is 1. The first-order valence-corrected chi connectivity index (χ1v) is 6.98. The van der Waals surface area contributed by atoms with Crippen molar-refractivity contribution in [2.45, 2.75) is 19.3 Å². The lowest BCUT2D eigenvalue weighted by molar-refractivity contribution is 0.0980. The fourth-order valence-electron chi connectivity index (χ4n) is 1.19. The summed E-state index contributed by atoms with van der Waals surface area (Å²) in [5, 5.41) is 1.53. The molecule has 1 aromatic rings. The van der Waals surface area contributed by atoms with Gasteiger partial charge in [0.15, 0.2) is 5.78 Å². The van der Waals surface area contributed by atoms with E-state index >= 15 is 0 Å². The highest BCUT2D eigenvalue weighted by molar-refractivity contribution is 9.10. The third-order valence-corrected chi connectivity index (χ3v) is 3.82. The van der Waals surface area contributed by atoms with Crippen LogP contribution in [-0.4, -0.2) is 11.1 Å². The molecular weight excluding hydrogens is 343 g/mol. The standard InChI is InChI=1S/C11H11Br2ClO/c12-6-2-1-3-11(15)8-4-5-9(13)10(14)7-8/h4-5,7H,1-3,6H2. The highest BCUT2D eigenvalue weighted by atomic mass is 79.9. The number of rotatable bonds is 5. The molecule has 1 aromatic carbocycles. The molecule has 0 aliphatic carbocycles. The third-order valence-electron chi connectivity index (χ3n) is 2.03. The molecule has 1 nitrogen and oxygen atoms in total. The first-order chi connectivity index (χ1) is 7.15. The molecule has 0 unspecified atom stereocenters. The normalized spacial score (nSPS) is 10.3. The molecule has 82 valence electrons. The van der Waals surface area contributed by atoms with Crippen LogP contribution in [0.4, 0.5) is 0 Å². The molecule has 0 bridgehead atoms. The van der Waals surface area contributed by atoms with Gasteiger partial charge in [0, 0.05) is 21.8 Å². The van der Waals surface area contributed by atoms with Crippen LogP contribution < -0.4 is 0 Å². The number of ketones is 1. The van der Waals surface area contributed by atoms with Gasteiger partial charge in [-0.1, -0.05) is 33.6 Å². The van der Waals surface area contributed by atoms with Gasteiger partial charge < -0.3 is 0 Å². The maximum Gasteiger partial charge on any atom is 0.162 e. The number of hydrogen-bond acceptors (Lipinski definition) is 1. The van der Waals surface area contributed by atoms with Crippen LogP contribution in [0.3, 0.4) is 0 Å². The number of benzene rings is 1. The van der Waals surface area contributed by atoms with E-state index in [9.17, 15) is 4.79 Å². The lowest BCUT2D eigenvalue weighted by atomic mass is 10.1. The molecule has 0 aromatic heterocycles. The molecule has 0 aliphatic heterocycles. The summed E-state index contributed by atoms with van der Waals surface area (Å²) in [7, 11) is 0. The van der Waals surface area contributed by atoms with E-state index in [4.69, 9.17) is 11.6 Å². The Morgan fingerprint density at radius 1 is 1.33 bits per heavy atom. The van der Waals surface area contributed by atoms with Crippen molar-refractivity contribution in [1.29, 1.82) is 0 Å². The predicted molar refractivity (Wildman–Crippen MR) is 71.1 cm³/mol. The van der Waals surface area contributed by atoms with E-state index in [1.807, 2.05) is 0 Å². The molecule has 0 fully saturated rings. The lowest BCUT2D eigenvalue weighted by Gasteiger charge is -2.02. The summed E-state index contributed by atoms with van der Waals surface area (Å²) in [4.78, 5) is 11.7. The molecule has 0 saturated carbocycles. The smallest absolute Gasteiger partial charge is 0.162 e. The summed E-state index contributed by atoms with van der Waals surface area (Å²) < 4.78 is 0.821. The monoisotopic (exact) mass is 352 g/mol. The van der Waals surface area contributed by atoms with Crippen molar-refractivity contribution in [3.05, 3.63) is 33.3 Å². The van der Waals surface area contributed by atoms with Gasteiger partial charge in [0.2, 0.25) is 0 Å². The Hall–Kier alpha value is 0.140. The average Bonchev–Trinajstić information content (AvgIpc) is 2.22. The molecule has 0 heterocycles. The van der Waals surface area contributed by atoms with Crippen molar-refractivity contribution in [3.63, 3.8) is 0 Å². The van der Waals surface area contributed by atoms with Crippen molar-refractivity contribution in [2.75, 3.05) is 5.33 Å². The molecule has 0 saturated heterocycles. The molecule has 0 amide bonds. The van der Waals surface area contributed by atoms with Gasteiger partial charge in [0.25, 0.3) is 0 Å². The molecular formula is C11H11Br2ClO. The van der Waals surface area contributed by atoms with Crippen molar-refractivity contribution < 1.29 is 4.79 Å². The molecule has 0 aliphatic rings. The Morgan fingerprint density at radius 3 is 2.67 bits per heavy atom. The Kier molecular flexibility index (Phi) is 5.87. The minimum atomic E-state index is 0.158. The van der Waals surface area contributed by atoms with Crippen LogP contribution >= 0.6 is 43.5 Å². The zero-order chi connectivity index (χ0) is 11.3. The fourth-order valence-corrected chi connectivity index (χ4v) is 2.02. The van der Waals surface area contributed by atoms with E-state index in [0.717, 1.165) is 22.6 Å². The van der Waals surface area contributed by atoms with Crippen molar-refractivity contribution in [1.82, 2.24) is 0 Å². The summed E-state index contributed by atoms with van der Waals surface area (Å²) in [6.45, 7) is 0. The van der Waals surface area contributed by atoms with Crippen LogP contribution in [0.1, 0.15) is 29.6 Å². The molecule has 4 heteroatoms. The SMILES string of the molecule is O=C(CCCCBr)c1ccc(Br)c(Cl)c1. The van der Waals surface area contributed by atoms with E-state index in [2.05, 4.69) is 31.9 Å². The van der Waals surface area contributed by atoms with Gasteiger partial charge in [0.1, 0.15) is 0 Å². The summed E-state index contributed by atoms with van der Waals surface area (Å²) in [5.41, 5.74) is 0.692. The highest BCUT2D eigenvalue weighted by Gasteiger charge is 2.07. The minimum absolute atomic E-state index is 0.158.